The van der Waals surface area contributed by atoms with E-state index in [1.807, 2.05) is 48.5 Å². The van der Waals surface area contributed by atoms with Gasteiger partial charge in [-0.25, -0.2) is 9.78 Å². The van der Waals surface area contributed by atoms with Crippen molar-refractivity contribution in [3.05, 3.63) is 95.2 Å². The van der Waals surface area contributed by atoms with Crippen molar-refractivity contribution in [3.8, 4) is 17.0 Å². The van der Waals surface area contributed by atoms with Crippen LogP contribution in [0.25, 0.3) is 22.0 Å². The smallest absolute Gasteiger partial charge is 0.338 e. The largest absolute Gasteiger partial charge is 0.487 e. The molecule has 0 amide bonds. The first-order valence-corrected chi connectivity index (χ1v) is 9.54. The van der Waals surface area contributed by atoms with E-state index in [0.717, 1.165) is 11.3 Å². The first-order chi connectivity index (χ1) is 14.7. The van der Waals surface area contributed by atoms with Crippen molar-refractivity contribution in [2.45, 2.75) is 6.61 Å². The highest BCUT2D eigenvalue weighted by atomic mass is 16.5. The molecule has 146 valence electrons. The van der Waals surface area contributed by atoms with Crippen LogP contribution in [0.4, 0.5) is 0 Å². The fourth-order valence-corrected chi connectivity index (χ4v) is 3.88. The zero-order valence-electron chi connectivity index (χ0n) is 16.2. The lowest BCUT2D eigenvalue weighted by atomic mass is 9.84. The number of hydrogen-bond donors (Lipinski definition) is 0. The molecule has 4 aromatic rings. The zero-order chi connectivity index (χ0) is 20.7. The van der Waals surface area contributed by atoms with Gasteiger partial charge in [-0.05, 0) is 30.3 Å². The van der Waals surface area contributed by atoms with Crippen molar-refractivity contribution in [1.82, 2.24) is 4.98 Å². The SMILES string of the molecule is COC(=O)c1ccc2c3c(nc(COc4ccccc4)cc13)-c1ccccc1C2=O. The van der Waals surface area contributed by atoms with Gasteiger partial charge < -0.3 is 9.47 Å². The van der Waals surface area contributed by atoms with E-state index in [2.05, 4.69) is 0 Å². The molecule has 0 atom stereocenters. The number of pyridine rings is 1. The molecule has 1 heterocycles. The van der Waals surface area contributed by atoms with Gasteiger partial charge in [0, 0.05) is 27.5 Å². The molecule has 1 aromatic heterocycles. The molecular formula is C25H17NO4. The molecular weight excluding hydrogens is 378 g/mol. The van der Waals surface area contributed by atoms with Crippen LogP contribution in [-0.4, -0.2) is 23.8 Å². The van der Waals surface area contributed by atoms with Crippen molar-refractivity contribution in [2.75, 3.05) is 7.11 Å². The third-order valence-electron chi connectivity index (χ3n) is 5.26. The van der Waals surface area contributed by atoms with Crippen LogP contribution in [0.1, 0.15) is 32.0 Å². The molecule has 0 saturated heterocycles. The predicted molar refractivity (Wildman–Crippen MR) is 113 cm³/mol. The lowest BCUT2D eigenvalue weighted by Gasteiger charge is -2.21. The average molecular weight is 395 g/mol. The summed E-state index contributed by atoms with van der Waals surface area (Å²) in [4.78, 5) is 30.3. The molecule has 0 N–H and O–H groups in total. The topological polar surface area (TPSA) is 65.5 Å². The normalized spacial score (nSPS) is 11.8. The molecule has 1 aliphatic carbocycles. The predicted octanol–water partition coefficient (Wildman–Crippen LogP) is 4.81. The Balaban J connectivity index is 1.73. The number of esters is 1. The van der Waals surface area contributed by atoms with Crippen molar-refractivity contribution in [1.29, 1.82) is 0 Å². The number of ketones is 1. The Labute approximate surface area is 172 Å². The Bertz CT molecular complexity index is 1310. The van der Waals surface area contributed by atoms with Crippen LogP contribution < -0.4 is 4.74 Å². The van der Waals surface area contributed by atoms with Gasteiger partial charge in [-0.15, -0.1) is 0 Å². The minimum Gasteiger partial charge on any atom is -0.487 e. The molecule has 0 radical (unpaired) electrons. The highest BCUT2D eigenvalue weighted by Crippen LogP contribution is 2.39. The standard InChI is InChI=1S/C25H17NO4/c1-29-25(28)19-11-12-20-22-21(19)13-15(14-30-16-7-3-2-4-8-16)26-23(22)17-9-5-6-10-18(17)24(20)27/h2-13H,14H2,1H3. The van der Waals surface area contributed by atoms with Crippen LogP contribution in [0.2, 0.25) is 0 Å². The van der Waals surface area contributed by atoms with E-state index in [1.54, 1.807) is 24.3 Å². The van der Waals surface area contributed by atoms with Gasteiger partial charge in [0.2, 0.25) is 0 Å². The fourth-order valence-electron chi connectivity index (χ4n) is 3.88. The highest BCUT2D eigenvalue weighted by molar-refractivity contribution is 6.27. The summed E-state index contributed by atoms with van der Waals surface area (Å²) in [6, 6.07) is 22.0. The number of ether oxygens (including phenoxy) is 2. The summed E-state index contributed by atoms with van der Waals surface area (Å²) < 4.78 is 10.8. The number of carbonyl (C=O) groups excluding carboxylic acids is 2. The molecule has 5 rings (SSSR count). The second-order valence-electron chi connectivity index (χ2n) is 7.01. The lowest BCUT2D eigenvalue weighted by molar-refractivity contribution is 0.0602. The number of methoxy groups -OCH3 is 1. The van der Waals surface area contributed by atoms with E-state index < -0.39 is 5.97 Å². The van der Waals surface area contributed by atoms with E-state index in [4.69, 9.17) is 14.5 Å². The van der Waals surface area contributed by atoms with Crippen LogP contribution >= 0.6 is 0 Å². The summed E-state index contributed by atoms with van der Waals surface area (Å²) in [5, 5.41) is 1.31. The van der Waals surface area contributed by atoms with Gasteiger partial charge in [-0.1, -0.05) is 42.5 Å². The van der Waals surface area contributed by atoms with Gasteiger partial charge >= 0.3 is 5.97 Å². The summed E-state index contributed by atoms with van der Waals surface area (Å²) >= 11 is 0. The van der Waals surface area contributed by atoms with E-state index in [0.29, 0.717) is 38.9 Å². The zero-order valence-corrected chi connectivity index (χ0v) is 16.2. The molecule has 30 heavy (non-hydrogen) atoms. The molecule has 0 fully saturated rings. The van der Waals surface area contributed by atoms with E-state index in [-0.39, 0.29) is 12.4 Å². The summed E-state index contributed by atoms with van der Waals surface area (Å²) in [6.45, 7) is 0.230. The third kappa shape index (κ3) is 2.83. The molecule has 0 spiro atoms. The number of nitrogens with zero attached hydrogens (tertiary/aromatic N) is 1. The number of carbonyl (C=O) groups is 2. The maximum absolute atomic E-state index is 13.1. The lowest BCUT2D eigenvalue weighted by Crippen LogP contribution is -2.14. The summed E-state index contributed by atoms with van der Waals surface area (Å²) in [5.74, 6) is 0.195. The minimum absolute atomic E-state index is 0.0744. The number of aromatic nitrogens is 1. The number of fused-ring (bicyclic) bond motifs is 2. The second-order valence-corrected chi connectivity index (χ2v) is 7.01. The van der Waals surface area contributed by atoms with Crippen molar-refractivity contribution < 1.29 is 19.1 Å². The van der Waals surface area contributed by atoms with E-state index in [9.17, 15) is 9.59 Å². The minimum atomic E-state index is -0.458. The maximum Gasteiger partial charge on any atom is 0.338 e. The Morgan fingerprint density at radius 2 is 1.63 bits per heavy atom. The Kier molecular flexibility index (Phi) is 4.29. The second kappa shape index (κ2) is 7.12. The molecule has 0 bridgehead atoms. The van der Waals surface area contributed by atoms with Crippen molar-refractivity contribution >= 4 is 22.5 Å². The monoisotopic (exact) mass is 395 g/mol. The number of benzene rings is 3. The van der Waals surface area contributed by atoms with Crippen molar-refractivity contribution in [3.63, 3.8) is 0 Å². The van der Waals surface area contributed by atoms with Gasteiger partial charge in [-0.2, -0.15) is 0 Å². The quantitative estimate of drug-likeness (QED) is 0.409. The van der Waals surface area contributed by atoms with Crippen LogP contribution in [0.5, 0.6) is 5.75 Å². The molecule has 5 heteroatoms. The maximum atomic E-state index is 13.1. The van der Waals surface area contributed by atoms with Gasteiger partial charge in [0.05, 0.1) is 24.1 Å². The van der Waals surface area contributed by atoms with E-state index >= 15 is 0 Å². The average Bonchev–Trinajstić information content (AvgIpc) is 2.80. The summed E-state index contributed by atoms with van der Waals surface area (Å²) in [7, 11) is 1.34. The first-order valence-electron chi connectivity index (χ1n) is 9.54. The Morgan fingerprint density at radius 1 is 0.900 bits per heavy atom. The van der Waals surface area contributed by atoms with Crippen molar-refractivity contribution in [2.24, 2.45) is 0 Å². The Hall–Kier alpha value is -3.99. The molecule has 5 nitrogen and oxygen atoms in total. The van der Waals surface area contributed by atoms with E-state index in [1.165, 1.54) is 7.11 Å². The van der Waals surface area contributed by atoms with Gasteiger partial charge in [0.25, 0.3) is 0 Å². The Morgan fingerprint density at radius 3 is 2.40 bits per heavy atom. The molecule has 0 unspecified atom stereocenters. The molecule has 0 saturated carbocycles. The first kappa shape index (κ1) is 18.1. The van der Waals surface area contributed by atoms with Crippen LogP contribution in [0.15, 0.2) is 72.8 Å². The van der Waals surface area contributed by atoms with Crippen LogP contribution in [0, 0.1) is 0 Å². The fraction of sp³-hybridized carbons (Fsp3) is 0.0800. The highest BCUT2D eigenvalue weighted by Gasteiger charge is 2.28. The third-order valence-corrected chi connectivity index (χ3v) is 5.26. The van der Waals surface area contributed by atoms with Crippen LogP contribution in [0.3, 0.4) is 0 Å². The van der Waals surface area contributed by atoms with Gasteiger partial charge in [0.15, 0.2) is 5.78 Å². The summed E-state index contributed by atoms with van der Waals surface area (Å²) in [5.41, 5.74) is 3.62. The number of hydrogen-bond acceptors (Lipinski definition) is 5. The number of rotatable bonds is 4. The molecule has 0 aliphatic heterocycles. The molecule has 3 aromatic carbocycles. The molecule has 1 aliphatic rings. The van der Waals surface area contributed by atoms with Crippen LogP contribution in [-0.2, 0) is 11.3 Å². The number of para-hydroxylation sites is 1. The van der Waals surface area contributed by atoms with Gasteiger partial charge in [0.1, 0.15) is 12.4 Å². The summed E-state index contributed by atoms with van der Waals surface area (Å²) in [6.07, 6.45) is 0. The van der Waals surface area contributed by atoms with Gasteiger partial charge in [-0.3, -0.25) is 4.79 Å².